The average molecular weight is 513 g/mol. The highest BCUT2D eigenvalue weighted by Crippen LogP contribution is 2.29. The van der Waals surface area contributed by atoms with Gasteiger partial charge in [-0.2, -0.15) is 5.26 Å². The number of ether oxygens (including phenoxy) is 1. The summed E-state index contributed by atoms with van der Waals surface area (Å²) in [5.74, 6) is -1.23. The maximum Gasteiger partial charge on any atom is 0.254 e. The number of fused-ring (bicyclic) bond motifs is 1. The van der Waals surface area contributed by atoms with Crippen LogP contribution in [0.5, 0.6) is 11.6 Å². The monoisotopic (exact) mass is 512 g/mol. The molecule has 0 bridgehead atoms. The second-order valence-corrected chi connectivity index (χ2v) is 9.41. The van der Waals surface area contributed by atoms with E-state index in [9.17, 15) is 14.4 Å². The summed E-state index contributed by atoms with van der Waals surface area (Å²) in [4.78, 5) is 23.5. The predicted octanol–water partition coefficient (Wildman–Crippen LogP) is 4.61. The van der Waals surface area contributed by atoms with Gasteiger partial charge in [-0.25, -0.2) is 9.37 Å². The molecule has 1 aliphatic rings. The lowest BCUT2D eigenvalue weighted by molar-refractivity contribution is 0.0997. The van der Waals surface area contributed by atoms with E-state index in [0.717, 1.165) is 68.6 Å². The molecule has 1 aliphatic heterocycles. The molecule has 38 heavy (non-hydrogen) atoms. The van der Waals surface area contributed by atoms with E-state index < -0.39 is 11.7 Å². The van der Waals surface area contributed by atoms with Crippen molar-refractivity contribution in [2.24, 2.45) is 5.73 Å². The third kappa shape index (κ3) is 5.61. The van der Waals surface area contributed by atoms with E-state index in [0.29, 0.717) is 5.56 Å². The molecule has 5 rings (SSSR count). The number of unbranched alkanes of at least 4 members (excludes halogenated alkanes) is 1. The lowest BCUT2D eigenvalue weighted by atomic mass is 10.1. The molecule has 0 saturated carbocycles. The van der Waals surface area contributed by atoms with Gasteiger partial charge in [-0.3, -0.25) is 9.69 Å². The summed E-state index contributed by atoms with van der Waals surface area (Å²) in [7, 11) is 0. The SMILES string of the molecule is N#Cc1ccc2[nH]cc(CCCCN3CCN(c4ccc(Oc5ncccc5C(N)=O)c(F)c4)CC3)c2c1. The first-order chi connectivity index (χ1) is 18.5. The minimum atomic E-state index is -0.685. The quantitative estimate of drug-likeness (QED) is 0.317. The van der Waals surface area contributed by atoms with Crippen LogP contribution in [0.2, 0.25) is 0 Å². The number of carbonyl (C=O) groups excluding carboxylic acids is 1. The number of nitriles is 1. The molecular weight excluding hydrogens is 483 g/mol. The smallest absolute Gasteiger partial charge is 0.254 e. The lowest BCUT2D eigenvalue weighted by Crippen LogP contribution is -2.46. The number of benzene rings is 2. The van der Waals surface area contributed by atoms with Crippen molar-refractivity contribution in [3.63, 3.8) is 0 Å². The van der Waals surface area contributed by atoms with Crippen LogP contribution in [0.15, 0.2) is 60.9 Å². The van der Waals surface area contributed by atoms with Gasteiger partial charge < -0.3 is 20.4 Å². The average Bonchev–Trinajstić information content (AvgIpc) is 3.34. The van der Waals surface area contributed by atoms with Crippen LogP contribution in [-0.4, -0.2) is 53.5 Å². The number of nitrogens with one attached hydrogen (secondary N) is 1. The first-order valence-corrected chi connectivity index (χ1v) is 12.7. The molecule has 3 heterocycles. The number of halogens is 1. The Bertz CT molecular complexity index is 1490. The number of primary amides is 1. The Morgan fingerprint density at radius 2 is 1.97 bits per heavy atom. The van der Waals surface area contributed by atoms with Gasteiger partial charge in [0.15, 0.2) is 11.6 Å². The van der Waals surface area contributed by atoms with Gasteiger partial charge in [-0.1, -0.05) is 0 Å². The molecule has 3 N–H and O–H groups in total. The first-order valence-electron chi connectivity index (χ1n) is 12.7. The molecule has 2 aromatic carbocycles. The minimum absolute atomic E-state index is 0.00682. The number of amides is 1. The zero-order valence-electron chi connectivity index (χ0n) is 21.0. The first kappa shape index (κ1) is 25.2. The van der Waals surface area contributed by atoms with Crippen molar-refractivity contribution in [3.8, 4) is 17.7 Å². The molecule has 2 aromatic heterocycles. The Morgan fingerprint density at radius 3 is 2.74 bits per heavy atom. The zero-order valence-corrected chi connectivity index (χ0v) is 21.0. The maximum absolute atomic E-state index is 14.8. The number of hydrogen-bond acceptors (Lipinski definition) is 6. The van der Waals surface area contributed by atoms with Crippen molar-refractivity contribution in [1.29, 1.82) is 5.26 Å². The molecule has 0 radical (unpaired) electrons. The Hall–Kier alpha value is -4.42. The van der Waals surface area contributed by atoms with Crippen molar-refractivity contribution in [2.75, 3.05) is 37.6 Å². The van der Waals surface area contributed by atoms with E-state index in [1.807, 2.05) is 30.5 Å². The molecule has 1 amide bonds. The zero-order chi connectivity index (χ0) is 26.5. The van der Waals surface area contributed by atoms with Gasteiger partial charge in [0, 0.05) is 61.2 Å². The number of pyridine rings is 1. The number of aromatic amines is 1. The molecule has 0 atom stereocenters. The highest BCUT2D eigenvalue weighted by molar-refractivity contribution is 5.95. The number of aromatic nitrogens is 2. The van der Waals surface area contributed by atoms with Crippen LogP contribution in [0.25, 0.3) is 10.9 Å². The molecule has 194 valence electrons. The van der Waals surface area contributed by atoms with Crippen LogP contribution < -0.4 is 15.4 Å². The Labute approximate surface area is 220 Å². The third-order valence-electron chi connectivity index (χ3n) is 6.96. The Morgan fingerprint density at radius 1 is 1.13 bits per heavy atom. The van der Waals surface area contributed by atoms with E-state index in [-0.39, 0.29) is 17.2 Å². The van der Waals surface area contributed by atoms with Gasteiger partial charge in [0.05, 0.1) is 11.6 Å². The van der Waals surface area contributed by atoms with Gasteiger partial charge >= 0.3 is 0 Å². The number of carbonyl (C=O) groups is 1. The summed E-state index contributed by atoms with van der Waals surface area (Å²) in [6, 6.07) is 15.9. The molecule has 0 aliphatic carbocycles. The van der Waals surface area contributed by atoms with Gasteiger partial charge in [0.1, 0.15) is 5.56 Å². The fourth-order valence-corrected chi connectivity index (χ4v) is 4.87. The molecule has 0 spiro atoms. The maximum atomic E-state index is 14.8. The van der Waals surface area contributed by atoms with Crippen molar-refractivity contribution in [3.05, 3.63) is 83.4 Å². The second kappa shape index (κ2) is 11.3. The Kier molecular flexibility index (Phi) is 7.52. The standard InChI is InChI=1S/C29H29FN6O2/c30-25-17-22(7-9-27(25)38-29-23(28(32)37)5-3-10-33-29)36-14-12-35(13-15-36)11-2-1-4-21-19-34-26-8-6-20(18-31)16-24(21)26/h3,5-10,16-17,19,34H,1-2,4,11-15H2,(H2,32,37). The third-order valence-corrected chi connectivity index (χ3v) is 6.96. The summed E-state index contributed by atoms with van der Waals surface area (Å²) >= 11 is 0. The number of nitrogens with zero attached hydrogens (tertiary/aromatic N) is 4. The highest BCUT2D eigenvalue weighted by Gasteiger charge is 2.19. The number of rotatable bonds is 9. The number of aryl methyl sites for hydroxylation is 1. The van der Waals surface area contributed by atoms with Crippen molar-refractivity contribution >= 4 is 22.5 Å². The molecule has 0 unspecified atom stereocenters. The van der Waals surface area contributed by atoms with E-state index in [1.165, 1.54) is 23.9 Å². The van der Waals surface area contributed by atoms with Crippen LogP contribution in [-0.2, 0) is 6.42 Å². The summed E-state index contributed by atoms with van der Waals surface area (Å²) in [6.07, 6.45) is 6.65. The molecular formula is C29H29FN6O2. The van der Waals surface area contributed by atoms with Gasteiger partial charge in [-0.15, -0.1) is 0 Å². The van der Waals surface area contributed by atoms with Crippen molar-refractivity contribution in [1.82, 2.24) is 14.9 Å². The Balaban J connectivity index is 1.10. The fraction of sp³-hybridized carbons (Fsp3) is 0.276. The van der Waals surface area contributed by atoms with Crippen molar-refractivity contribution in [2.45, 2.75) is 19.3 Å². The number of hydrogen-bond donors (Lipinski definition) is 2. The number of piperazine rings is 1. The highest BCUT2D eigenvalue weighted by atomic mass is 19.1. The molecule has 8 nitrogen and oxygen atoms in total. The number of anilines is 1. The van der Waals surface area contributed by atoms with Crippen LogP contribution in [0, 0.1) is 17.1 Å². The molecule has 1 fully saturated rings. The fourth-order valence-electron chi connectivity index (χ4n) is 4.87. The summed E-state index contributed by atoms with van der Waals surface area (Å²) in [5.41, 5.74) is 9.25. The summed E-state index contributed by atoms with van der Waals surface area (Å²) in [6.45, 7) is 4.46. The van der Waals surface area contributed by atoms with Gasteiger partial charge in [0.25, 0.3) is 5.91 Å². The van der Waals surface area contributed by atoms with Crippen LogP contribution in [0.3, 0.4) is 0 Å². The van der Waals surface area contributed by atoms with Gasteiger partial charge in [-0.05, 0) is 73.8 Å². The number of nitrogens with two attached hydrogens (primary N) is 1. The number of H-pyrrole nitrogens is 1. The summed E-state index contributed by atoms with van der Waals surface area (Å²) < 4.78 is 20.4. The van der Waals surface area contributed by atoms with Crippen LogP contribution in [0.4, 0.5) is 10.1 Å². The predicted molar refractivity (Wildman–Crippen MR) is 144 cm³/mol. The van der Waals surface area contributed by atoms with E-state index in [4.69, 9.17) is 10.5 Å². The largest absolute Gasteiger partial charge is 0.435 e. The summed E-state index contributed by atoms with van der Waals surface area (Å²) in [5, 5.41) is 10.3. The molecule has 1 saturated heterocycles. The molecule has 9 heteroatoms. The lowest BCUT2D eigenvalue weighted by Gasteiger charge is -2.36. The van der Waals surface area contributed by atoms with Crippen LogP contribution in [0.1, 0.15) is 34.3 Å². The van der Waals surface area contributed by atoms with Crippen LogP contribution >= 0.6 is 0 Å². The van der Waals surface area contributed by atoms with E-state index in [2.05, 4.69) is 25.8 Å². The molecule has 4 aromatic rings. The van der Waals surface area contributed by atoms with E-state index in [1.54, 1.807) is 12.1 Å². The topological polar surface area (TPSA) is 111 Å². The minimum Gasteiger partial charge on any atom is -0.435 e. The second-order valence-electron chi connectivity index (χ2n) is 9.41. The van der Waals surface area contributed by atoms with Crippen molar-refractivity contribution < 1.29 is 13.9 Å². The normalized spacial score (nSPS) is 13.9. The van der Waals surface area contributed by atoms with E-state index >= 15 is 0 Å². The van der Waals surface area contributed by atoms with Gasteiger partial charge in [0.2, 0.25) is 5.88 Å².